The summed E-state index contributed by atoms with van der Waals surface area (Å²) < 4.78 is 0. The minimum absolute atomic E-state index is 0.137. The minimum Gasteiger partial charge on any atom is -0.392 e. The molecular weight excluding hydrogens is 242 g/mol. The molecule has 0 bridgehead atoms. The third kappa shape index (κ3) is 3.67. The second kappa shape index (κ2) is 6.50. The molecule has 1 rings (SSSR count). The molecule has 1 aromatic carbocycles. The third-order valence-electron chi connectivity index (χ3n) is 2.52. The van der Waals surface area contributed by atoms with Crippen molar-refractivity contribution in [3.8, 4) is 0 Å². The van der Waals surface area contributed by atoms with Gasteiger partial charge >= 0.3 is 0 Å². The van der Waals surface area contributed by atoms with E-state index in [1.807, 2.05) is 31.2 Å². The number of nitrogens with two attached hydrogens (primary N) is 1. The molecule has 0 aliphatic heterocycles. The van der Waals surface area contributed by atoms with Crippen molar-refractivity contribution < 1.29 is 5.11 Å². The zero-order valence-corrected chi connectivity index (χ0v) is 11.1. The predicted octanol–water partition coefficient (Wildman–Crippen LogP) is 2.84. The van der Waals surface area contributed by atoms with Crippen molar-refractivity contribution in [2.24, 2.45) is 5.73 Å². The maximum absolute atomic E-state index is 9.49. The van der Waals surface area contributed by atoms with Crippen LogP contribution in [-0.4, -0.2) is 23.0 Å². The van der Waals surface area contributed by atoms with Crippen molar-refractivity contribution in [3.05, 3.63) is 34.9 Å². The molecule has 2 nitrogen and oxygen atoms in total. The van der Waals surface area contributed by atoms with Crippen molar-refractivity contribution in [2.45, 2.75) is 30.5 Å². The third-order valence-corrected chi connectivity index (χ3v) is 4.47. The fourth-order valence-electron chi connectivity index (χ4n) is 1.36. The minimum atomic E-state index is -0.346. The van der Waals surface area contributed by atoms with Crippen molar-refractivity contribution >= 4 is 23.4 Å². The SMILES string of the molecule is CC(O)C(C)SC(CN)c1ccccc1Cl. The van der Waals surface area contributed by atoms with Gasteiger partial charge < -0.3 is 10.8 Å². The summed E-state index contributed by atoms with van der Waals surface area (Å²) in [6, 6.07) is 7.72. The van der Waals surface area contributed by atoms with E-state index in [1.54, 1.807) is 18.7 Å². The lowest BCUT2D eigenvalue weighted by Crippen LogP contribution is -2.20. The summed E-state index contributed by atoms with van der Waals surface area (Å²) in [5.41, 5.74) is 6.81. The number of aliphatic hydroxyl groups excluding tert-OH is 1. The molecule has 3 N–H and O–H groups in total. The van der Waals surface area contributed by atoms with Crippen LogP contribution in [0.2, 0.25) is 5.02 Å². The first kappa shape index (κ1) is 13.8. The van der Waals surface area contributed by atoms with Gasteiger partial charge in [0.25, 0.3) is 0 Å². The van der Waals surface area contributed by atoms with E-state index >= 15 is 0 Å². The highest BCUT2D eigenvalue weighted by Crippen LogP contribution is 2.35. The maximum atomic E-state index is 9.49. The van der Waals surface area contributed by atoms with E-state index in [0.717, 1.165) is 10.6 Å². The molecule has 0 aliphatic rings. The summed E-state index contributed by atoms with van der Waals surface area (Å²) in [5.74, 6) is 0. The van der Waals surface area contributed by atoms with Gasteiger partial charge in [-0.05, 0) is 18.6 Å². The molecule has 0 radical (unpaired) electrons. The summed E-state index contributed by atoms with van der Waals surface area (Å²) in [7, 11) is 0. The molecule has 16 heavy (non-hydrogen) atoms. The lowest BCUT2D eigenvalue weighted by Gasteiger charge is -2.22. The molecule has 0 aromatic heterocycles. The first-order valence-corrected chi connectivity index (χ1v) is 6.66. The van der Waals surface area contributed by atoms with Gasteiger partial charge in [0.2, 0.25) is 0 Å². The molecular formula is C12H18ClNOS. The van der Waals surface area contributed by atoms with E-state index in [0.29, 0.717) is 6.54 Å². The molecule has 0 spiro atoms. The van der Waals surface area contributed by atoms with E-state index in [9.17, 15) is 5.11 Å². The summed E-state index contributed by atoms with van der Waals surface area (Å²) in [4.78, 5) is 0. The van der Waals surface area contributed by atoms with Crippen molar-refractivity contribution in [1.29, 1.82) is 0 Å². The fourth-order valence-corrected chi connectivity index (χ4v) is 2.91. The van der Waals surface area contributed by atoms with Gasteiger partial charge in [0.1, 0.15) is 0 Å². The van der Waals surface area contributed by atoms with Crippen molar-refractivity contribution in [1.82, 2.24) is 0 Å². The number of halogens is 1. The zero-order valence-electron chi connectivity index (χ0n) is 9.56. The van der Waals surface area contributed by atoms with Crippen LogP contribution in [0, 0.1) is 0 Å². The Labute approximate surface area is 106 Å². The number of thioether (sulfide) groups is 1. The summed E-state index contributed by atoms with van der Waals surface area (Å²) >= 11 is 7.79. The van der Waals surface area contributed by atoms with Crippen LogP contribution in [0.3, 0.4) is 0 Å². The van der Waals surface area contributed by atoms with Gasteiger partial charge in [-0.2, -0.15) is 0 Å². The highest BCUT2D eigenvalue weighted by molar-refractivity contribution is 8.00. The molecule has 90 valence electrons. The van der Waals surface area contributed by atoms with E-state index in [2.05, 4.69) is 0 Å². The highest BCUT2D eigenvalue weighted by Gasteiger charge is 2.19. The lowest BCUT2D eigenvalue weighted by atomic mass is 10.1. The van der Waals surface area contributed by atoms with Crippen LogP contribution in [0.25, 0.3) is 0 Å². The quantitative estimate of drug-likeness (QED) is 0.855. The van der Waals surface area contributed by atoms with Crippen molar-refractivity contribution in [2.75, 3.05) is 6.54 Å². The topological polar surface area (TPSA) is 46.2 Å². The van der Waals surface area contributed by atoms with Crippen LogP contribution < -0.4 is 5.73 Å². The van der Waals surface area contributed by atoms with E-state index < -0.39 is 0 Å². The summed E-state index contributed by atoms with van der Waals surface area (Å²) in [6.07, 6.45) is -0.346. The smallest absolute Gasteiger partial charge is 0.0628 e. The van der Waals surface area contributed by atoms with Gasteiger partial charge in [-0.1, -0.05) is 36.7 Å². The second-order valence-electron chi connectivity index (χ2n) is 3.83. The van der Waals surface area contributed by atoms with Crippen LogP contribution in [-0.2, 0) is 0 Å². The Kier molecular flexibility index (Phi) is 5.62. The number of benzene rings is 1. The molecule has 4 heteroatoms. The molecule has 0 aliphatic carbocycles. The van der Waals surface area contributed by atoms with E-state index in [1.165, 1.54) is 0 Å². The van der Waals surface area contributed by atoms with Gasteiger partial charge in [0.05, 0.1) is 6.10 Å². The number of aliphatic hydroxyl groups is 1. The molecule has 1 aromatic rings. The normalized spacial score (nSPS) is 16.8. The monoisotopic (exact) mass is 259 g/mol. The standard InChI is InChI=1S/C12H18ClNOS/c1-8(15)9(2)16-12(7-14)10-5-3-4-6-11(10)13/h3-6,8-9,12,15H,7,14H2,1-2H3. The predicted molar refractivity (Wildman–Crippen MR) is 72.0 cm³/mol. The largest absolute Gasteiger partial charge is 0.392 e. The van der Waals surface area contributed by atoms with Crippen LogP contribution in [0.1, 0.15) is 24.7 Å². The fraction of sp³-hybridized carbons (Fsp3) is 0.500. The van der Waals surface area contributed by atoms with Crippen LogP contribution in [0.5, 0.6) is 0 Å². The Bertz CT molecular complexity index is 333. The Hall–Kier alpha value is -0.220. The first-order chi connectivity index (χ1) is 7.56. The van der Waals surface area contributed by atoms with Crippen LogP contribution >= 0.6 is 23.4 Å². The van der Waals surface area contributed by atoms with Gasteiger partial charge in [-0.3, -0.25) is 0 Å². The van der Waals surface area contributed by atoms with Gasteiger partial charge in [-0.15, -0.1) is 11.8 Å². The van der Waals surface area contributed by atoms with Crippen LogP contribution in [0.4, 0.5) is 0 Å². The number of hydrogen-bond donors (Lipinski definition) is 2. The summed E-state index contributed by atoms with van der Waals surface area (Å²) in [6.45, 7) is 4.30. The molecule has 3 unspecified atom stereocenters. The molecule has 0 heterocycles. The van der Waals surface area contributed by atoms with E-state index in [-0.39, 0.29) is 16.6 Å². The zero-order chi connectivity index (χ0) is 12.1. The average Bonchev–Trinajstić information content (AvgIpc) is 2.26. The second-order valence-corrected chi connectivity index (χ2v) is 5.82. The van der Waals surface area contributed by atoms with Gasteiger partial charge in [0.15, 0.2) is 0 Å². The molecule has 3 atom stereocenters. The van der Waals surface area contributed by atoms with E-state index in [4.69, 9.17) is 17.3 Å². The Morgan fingerprint density at radius 1 is 1.38 bits per heavy atom. The number of hydrogen-bond acceptors (Lipinski definition) is 3. The van der Waals surface area contributed by atoms with Crippen molar-refractivity contribution in [3.63, 3.8) is 0 Å². The Morgan fingerprint density at radius 3 is 2.50 bits per heavy atom. The lowest BCUT2D eigenvalue weighted by molar-refractivity contribution is 0.196. The maximum Gasteiger partial charge on any atom is 0.0628 e. The average molecular weight is 260 g/mol. The first-order valence-electron chi connectivity index (χ1n) is 5.34. The molecule has 0 amide bonds. The highest BCUT2D eigenvalue weighted by atomic mass is 35.5. The summed E-state index contributed by atoms with van der Waals surface area (Å²) in [5, 5.41) is 10.5. The van der Waals surface area contributed by atoms with Gasteiger partial charge in [-0.25, -0.2) is 0 Å². The van der Waals surface area contributed by atoms with Crippen LogP contribution in [0.15, 0.2) is 24.3 Å². The Morgan fingerprint density at radius 2 is 2.00 bits per heavy atom. The Balaban J connectivity index is 2.79. The van der Waals surface area contributed by atoms with Gasteiger partial charge in [0, 0.05) is 22.1 Å². The molecule has 0 fully saturated rings. The molecule has 0 saturated carbocycles. The molecule has 0 saturated heterocycles. The number of rotatable bonds is 5.